The average molecular weight is 346 g/mol. The van der Waals surface area contributed by atoms with Crippen molar-refractivity contribution >= 4 is 0 Å². The van der Waals surface area contributed by atoms with Gasteiger partial charge in [0.15, 0.2) is 5.79 Å². The monoisotopic (exact) mass is 346 g/mol. The van der Waals surface area contributed by atoms with E-state index in [9.17, 15) is 5.11 Å². The number of fused-ring (bicyclic) bond motifs is 3. The predicted octanol–water partition coefficient (Wildman–Crippen LogP) is 3.51. The highest BCUT2D eigenvalue weighted by Gasteiger charge is 2.58. The van der Waals surface area contributed by atoms with Crippen LogP contribution in [0.15, 0.2) is 18.2 Å². The van der Waals surface area contributed by atoms with Crippen molar-refractivity contribution < 1.29 is 19.3 Å². The van der Waals surface area contributed by atoms with Crippen LogP contribution in [0, 0.1) is 17.3 Å². The first-order valence-corrected chi connectivity index (χ1v) is 9.58. The Balaban J connectivity index is 1.67. The number of benzene rings is 1. The quantitative estimate of drug-likeness (QED) is 0.910. The lowest BCUT2D eigenvalue weighted by Crippen LogP contribution is -2.56. The Morgan fingerprint density at radius 2 is 1.96 bits per heavy atom. The third-order valence-electron chi connectivity index (χ3n) is 7.40. The van der Waals surface area contributed by atoms with Gasteiger partial charge >= 0.3 is 0 Å². The molecule has 0 radical (unpaired) electrons. The fourth-order valence-electron chi connectivity index (χ4n) is 5.75. The number of aliphatic hydroxyl groups excluding tert-OH is 1. The molecule has 2 aliphatic carbocycles. The molecular formula is C21H30O4. The Bertz CT molecular complexity index is 637. The van der Waals surface area contributed by atoms with E-state index in [0.717, 1.165) is 31.4 Å². The van der Waals surface area contributed by atoms with Gasteiger partial charge in [0, 0.05) is 12.0 Å². The van der Waals surface area contributed by atoms with E-state index in [4.69, 9.17) is 14.2 Å². The van der Waals surface area contributed by atoms with Crippen LogP contribution < -0.4 is 4.74 Å². The highest BCUT2D eigenvalue weighted by molar-refractivity contribution is 5.40. The van der Waals surface area contributed by atoms with Gasteiger partial charge in [-0.3, -0.25) is 0 Å². The summed E-state index contributed by atoms with van der Waals surface area (Å²) in [5.74, 6) is 1.56. The number of hydrogen-bond donors (Lipinski definition) is 1. The molecule has 25 heavy (non-hydrogen) atoms. The zero-order valence-electron chi connectivity index (χ0n) is 15.6. The largest absolute Gasteiger partial charge is 0.497 e. The predicted molar refractivity (Wildman–Crippen MR) is 95.8 cm³/mol. The molecule has 1 aliphatic heterocycles. The summed E-state index contributed by atoms with van der Waals surface area (Å²) in [6.45, 7) is 5.84. The molecule has 4 nitrogen and oxygen atoms in total. The van der Waals surface area contributed by atoms with Crippen LogP contribution in [0.4, 0.5) is 0 Å². The smallest absolute Gasteiger partial charge is 0.171 e. The minimum absolute atomic E-state index is 0.149. The van der Waals surface area contributed by atoms with E-state index in [1.54, 1.807) is 7.11 Å². The molecule has 4 heteroatoms. The Kier molecular flexibility index (Phi) is 4.33. The minimum atomic E-state index is -0.578. The van der Waals surface area contributed by atoms with Crippen LogP contribution in [0.3, 0.4) is 0 Å². The number of rotatable bonds is 3. The van der Waals surface area contributed by atoms with Crippen molar-refractivity contribution in [2.45, 2.75) is 51.2 Å². The van der Waals surface area contributed by atoms with E-state index in [1.807, 2.05) is 0 Å². The summed E-state index contributed by atoms with van der Waals surface area (Å²) in [7, 11) is 1.73. The second kappa shape index (κ2) is 6.26. The van der Waals surface area contributed by atoms with Crippen LogP contribution >= 0.6 is 0 Å². The van der Waals surface area contributed by atoms with Gasteiger partial charge in [-0.2, -0.15) is 0 Å². The number of hydrogen-bond acceptors (Lipinski definition) is 4. The molecule has 1 aromatic rings. The molecule has 4 atom stereocenters. The first kappa shape index (κ1) is 17.3. The molecule has 0 aromatic heterocycles. The third kappa shape index (κ3) is 2.53. The van der Waals surface area contributed by atoms with E-state index in [-0.39, 0.29) is 17.9 Å². The van der Waals surface area contributed by atoms with E-state index in [2.05, 4.69) is 32.0 Å². The highest BCUT2D eigenvalue weighted by Crippen LogP contribution is 2.59. The third-order valence-corrected chi connectivity index (χ3v) is 7.40. The van der Waals surface area contributed by atoms with Gasteiger partial charge in [-0.1, -0.05) is 13.0 Å². The van der Waals surface area contributed by atoms with Gasteiger partial charge in [-0.25, -0.2) is 0 Å². The molecule has 1 saturated heterocycles. The summed E-state index contributed by atoms with van der Waals surface area (Å²) in [4.78, 5) is 0. The SMILES string of the molecule is COc1ccc2c(c1)CC[C@H]1[C@@H]2CC[C@](C)(C2(C)OCCO2)[C@@H]1CO. The molecule has 1 heterocycles. The van der Waals surface area contributed by atoms with Crippen LogP contribution in [0.25, 0.3) is 0 Å². The molecule has 0 amide bonds. The highest BCUT2D eigenvalue weighted by atomic mass is 16.7. The first-order chi connectivity index (χ1) is 12.0. The maximum absolute atomic E-state index is 10.3. The summed E-state index contributed by atoms with van der Waals surface area (Å²) in [6, 6.07) is 6.51. The average Bonchev–Trinajstić information content (AvgIpc) is 3.09. The van der Waals surface area contributed by atoms with E-state index in [1.165, 1.54) is 11.1 Å². The fraction of sp³-hybridized carbons (Fsp3) is 0.714. The zero-order chi connectivity index (χ0) is 17.7. The van der Waals surface area contributed by atoms with E-state index >= 15 is 0 Å². The van der Waals surface area contributed by atoms with Crippen LogP contribution in [-0.2, 0) is 15.9 Å². The van der Waals surface area contributed by atoms with Crippen molar-refractivity contribution in [1.29, 1.82) is 0 Å². The van der Waals surface area contributed by atoms with Gasteiger partial charge in [0.2, 0.25) is 0 Å². The normalized spacial score (nSPS) is 36.6. The Morgan fingerprint density at radius 3 is 2.64 bits per heavy atom. The Labute approximate surface area is 150 Å². The molecule has 1 aromatic carbocycles. The molecule has 0 bridgehead atoms. The summed E-state index contributed by atoms with van der Waals surface area (Å²) in [5, 5.41) is 10.3. The van der Waals surface area contributed by atoms with Gasteiger partial charge in [-0.05, 0) is 73.6 Å². The standard InChI is InChI=1S/C21H30O4/c1-20(21(2)24-10-11-25-21)9-8-17-16-7-5-15(23-3)12-14(16)4-6-18(17)19(20)13-22/h5,7,12,17-19,22H,4,6,8-11,13H2,1-3H3/t17-,18+,19-,20+/m1/s1. The summed E-state index contributed by atoms with van der Waals surface area (Å²) < 4.78 is 17.5. The summed E-state index contributed by atoms with van der Waals surface area (Å²) >= 11 is 0. The van der Waals surface area contributed by atoms with Crippen molar-refractivity contribution in [3.8, 4) is 5.75 Å². The van der Waals surface area contributed by atoms with Crippen LogP contribution in [0.1, 0.15) is 50.2 Å². The maximum atomic E-state index is 10.3. The van der Waals surface area contributed by atoms with E-state index < -0.39 is 5.79 Å². The second-order valence-corrected chi connectivity index (χ2v) is 8.26. The zero-order valence-corrected chi connectivity index (χ0v) is 15.6. The van der Waals surface area contributed by atoms with Crippen molar-refractivity contribution in [3.63, 3.8) is 0 Å². The molecular weight excluding hydrogens is 316 g/mol. The Hall–Kier alpha value is -1.10. The lowest BCUT2D eigenvalue weighted by atomic mass is 9.52. The Morgan fingerprint density at radius 1 is 1.20 bits per heavy atom. The number of ether oxygens (including phenoxy) is 3. The van der Waals surface area contributed by atoms with Crippen molar-refractivity contribution in [3.05, 3.63) is 29.3 Å². The summed E-state index contributed by atoms with van der Waals surface area (Å²) in [6.07, 6.45) is 4.31. The second-order valence-electron chi connectivity index (χ2n) is 8.26. The molecule has 2 fully saturated rings. The molecule has 0 unspecified atom stereocenters. The lowest BCUT2D eigenvalue weighted by molar-refractivity contribution is -0.258. The number of aryl methyl sites for hydroxylation is 1. The number of methoxy groups -OCH3 is 1. The van der Waals surface area contributed by atoms with Gasteiger partial charge in [0.1, 0.15) is 5.75 Å². The lowest BCUT2D eigenvalue weighted by Gasteiger charge is -2.56. The van der Waals surface area contributed by atoms with Crippen molar-refractivity contribution in [2.24, 2.45) is 17.3 Å². The van der Waals surface area contributed by atoms with Gasteiger partial charge in [-0.15, -0.1) is 0 Å². The number of aliphatic hydroxyl groups is 1. The molecule has 138 valence electrons. The van der Waals surface area contributed by atoms with Gasteiger partial charge < -0.3 is 19.3 Å². The van der Waals surface area contributed by atoms with Crippen LogP contribution in [0.2, 0.25) is 0 Å². The topological polar surface area (TPSA) is 47.9 Å². The van der Waals surface area contributed by atoms with Crippen LogP contribution in [-0.4, -0.2) is 37.8 Å². The summed E-state index contributed by atoms with van der Waals surface area (Å²) in [5.41, 5.74) is 2.72. The molecule has 1 N–H and O–H groups in total. The van der Waals surface area contributed by atoms with Crippen LogP contribution in [0.5, 0.6) is 5.75 Å². The maximum Gasteiger partial charge on any atom is 0.171 e. The van der Waals surface area contributed by atoms with E-state index in [0.29, 0.717) is 25.0 Å². The van der Waals surface area contributed by atoms with Gasteiger partial charge in [0.25, 0.3) is 0 Å². The fourth-order valence-corrected chi connectivity index (χ4v) is 5.75. The molecule has 1 saturated carbocycles. The van der Waals surface area contributed by atoms with Crippen molar-refractivity contribution in [2.75, 3.05) is 26.9 Å². The first-order valence-electron chi connectivity index (χ1n) is 9.58. The minimum Gasteiger partial charge on any atom is -0.497 e. The van der Waals surface area contributed by atoms with Gasteiger partial charge in [0.05, 0.1) is 20.3 Å². The molecule has 0 spiro atoms. The molecule has 4 rings (SSSR count). The molecule has 3 aliphatic rings. The van der Waals surface area contributed by atoms with Crippen molar-refractivity contribution in [1.82, 2.24) is 0 Å².